The lowest BCUT2D eigenvalue weighted by atomic mass is 10.0. The fourth-order valence-electron chi connectivity index (χ4n) is 2.10. The third-order valence-corrected chi connectivity index (χ3v) is 4.34. The van der Waals surface area contributed by atoms with Crippen molar-refractivity contribution in [2.45, 2.75) is 50.8 Å². The molecule has 0 radical (unpaired) electrons. The van der Waals surface area contributed by atoms with Crippen LogP contribution in [-0.2, 0) is 9.59 Å². The first-order valence-electron chi connectivity index (χ1n) is 6.20. The van der Waals surface area contributed by atoms with Gasteiger partial charge in [-0.1, -0.05) is 6.92 Å². The number of carbonyl (C=O) groups is 2. The number of piperidine rings is 1. The maximum atomic E-state index is 12.0. The predicted octanol–water partition coefficient (Wildman–Crippen LogP) is 1.98. The van der Waals surface area contributed by atoms with Crippen molar-refractivity contribution in [3.63, 3.8) is 0 Å². The normalized spacial score (nSPS) is 22.2. The van der Waals surface area contributed by atoms with Crippen LogP contribution in [0.2, 0.25) is 0 Å². The monoisotopic (exact) mass is 259 g/mol. The van der Waals surface area contributed by atoms with Crippen LogP contribution in [-0.4, -0.2) is 45.5 Å². The summed E-state index contributed by atoms with van der Waals surface area (Å²) in [5, 5.41) is 8.25. The van der Waals surface area contributed by atoms with E-state index in [1.54, 1.807) is 6.92 Å². The Bertz CT molecular complexity index is 283. The van der Waals surface area contributed by atoms with Gasteiger partial charge >= 0.3 is 5.97 Å². The standard InChI is InChI=1S/C12H21NO3S/c1-3-10-6-4-5-7-13(10)11(14)8-17-9(2)12(15)16/h9-10H,3-8H2,1-2H3,(H,15,16). The van der Waals surface area contributed by atoms with E-state index in [1.807, 2.05) is 4.90 Å². The summed E-state index contributed by atoms with van der Waals surface area (Å²) in [7, 11) is 0. The molecule has 2 atom stereocenters. The molecule has 0 bridgehead atoms. The molecule has 1 amide bonds. The average molecular weight is 259 g/mol. The minimum Gasteiger partial charge on any atom is -0.480 e. The number of rotatable bonds is 5. The number of hydrogen-bond donors (Lipinski definition) is 1. The second-order valence-corrected chi connectivity index (χ2v) is 5.77. The minimum atomic E-state index is -0.853. The highest BCUT2D eigenvalue weighted by atomic mass is 32.2. The van der Waals surface area contributed by atoms with Gasteiger partial charge in [-0.3, -0.25) is 9.59 Å². The van der Waals surface area contributed by atoms with Gasteiger partial charge in [0.1, 0.15) is 0 Å². The van der Waals surface area contributed by atoms with Crippen molar-refractivity contribution in [1.29, 1.82) is 0 Å². The Labute approximate surface area is 107 Å². The molecule has 1 heterocycles. The molecule has 1 fully saturated rings. The molecule has 1 aliphatic heterocycles. The number of hydrogen-bond acceptors (Lipinski definition) is 3. The second kappa shape index (κ2) is 6.89. The van der Waals surface area contributed by atoms with Crippen molar-refractivity contribution < 1.29 is 14.7 Å². The van der Waals surface area contributed by atoms with E-state index in [2.05, 4.69) is 6.92 Å². The molecule has 5 heteroatoms. The lowest BCUT2D eigenvalue weighted by Crippen LogP contribution is -2.44. The molecule has 17 heavy (non-hydrogen) atoms. The molecule has 0 saturated carbocycles. The van der Waals surface area contributed by atoms with E-state index in [4.69, 9.17) is 5.11 Å². The maximum absolute atomic E-state index is 12.0. The topological polar surface area (TPSA) is 57.6 Å². The van der Waals surface area contributed by atoms with Crippen LogP contribution in [0.1, 0.15) is 39.5 Å². The Morgan fingerprint density at radius 3 is 2.76 bits per heavy atom. The van der Waals surface area contributed by atoms with E-state index < -0.39 is 11.2 Å². The lowest BCUT2D eigenvalue weighted by molar-refractivity contribution is -0.136. The summed E-state index contributed by atoms with van der Waals surface area (Å²) in [6.45, 7) is 4.55. The van der Waals surface area contributed by atoms with Gasteiger partial charge in [-0.2, -0.15) is 0 Å². The summed E-state index contributed by atoms with van der Waals surface area (Å²) >= 11 is 1.21. The molecule has 1 aliphatic rings. The Hall–Kier alpha value is -0.710. The number of likely N-dealkylation sites (tertiary alicyclic amines) is 1. The Balaban J connectivity index is 2.42. The van der Waals surface area contributed by atoms with Gasteiger partial charge in [0.15, 0.2) is 0 Å². The number of thioether (sulfide) groups is 1. The Kier molecular flexibility index (Phi) is 5.82. The summed E-state index contributed by atoms with van der Waals surface area (Å²) in [6.07, 6.45) is 4.34. The number of carbonyl (C=O) groups excluding carboxylic acids is 1. The van der Waals surface area contributed by atoms with Crippen LogP contribution in [0.15, 0.2) is 0 Å². The Morgan fingerprint density at radius 2 is 2.18 bits per heavy atom. The molecule has 0 aliphatic carbocycles. The van der Waals surface area contributed by atoms with Crippen LogP contribution < -0.4 is 0 Å². The SMILES string of the molecule is CCC1CCCCN1C(=O)CSC(C)C(=O)O. The molecule has 1 saturated heterocycles. The van der Waals surface area contributed by atoms with Gasteiger partial charge in [0.25, 0.3) is 0 Å². The first kappa shape index (κ1) is 14.4. The zero-order valence-corrected chi connectivity index (χ0v) is 11.3. The van der Waals surface area contributed by atoms with E-state index in [1.165, 1.54) is 18.2 Å². The van der Waals surface area contributed by atoms with Crippen LogP contribution in [0.4, 0.5) is 0 Å². The van der Waals surface area contributed by atoms with Crippen LogP contribution in [0.5, 0.6) is 0 Å². The van der Waals surface area contributed by atoms with Crippen molar-refractivity contribution in [3.8, 4) is 0 Å². The smallest absolute Gasteiger partial charge is 0.316 e. The van der Waals surface area contributed by atoms with Gasteiger partial charge in [0.05, 0.1) is 11.0 Å². The molecule has 0 spiro atoms. The third-order valence-electron chi connectivity index (χ3n) is 3.22. The van der Waals surface area contributed by atoms with Crippen molar-refractivity contribution in [3.05, 3.63) is 0 Å². The number of carboxylic acids is 1. The highest BCUT2D eigenvalue weighted by Gasteiger charge is 2.25. The summed E-state index contributed by atoms with van der Waals surface area (Å²) in [5.74, 6) is -0.479. The highest BCUT2D eigenvalue weighted by Crippen LogP contribution is 2.21. The highest BCUT2D eigenvalue weighted by molar-refractivity contribution is 8.01. The van der Waals surface area contributed by atoms with Crippen LogP contribution >= 0.6 is 11.8 Å². The zero-order valence-electron chi connectivity index (χ0n) is 10.5. The summed E-state index contributed by atoms with van der Waals surface area (Å²) < 4.78 is 0. The van der Waals surface area contributed by atoms with E-state index in [-0.39, 0.29) is 11.7 Å². The fourth-order valence-corrected chi connectivity index (χ4v) is 2.80. The molecule has 0 aromatic heterocycles. The van der Waals surface area contributed by atoms with Gasteiger partial charge in [-0.05, 0) is 32.6 Å². The number of nitrogens with zero attached hydrogens (tertiary/aromatic N) is 1. The molecule has 1 rings (SSSR count). The molecule has 0 aromatic carbocycles. The fraction of sp³-hybridized carbons (Fsp3) is 0.833. The quantitative estimate of drug-likeness (QED) is 0.820. The number of aliphatic carboxylic acids is 1. The first-order chi connectivity index (χ1) is 8.06. The maximum Gasteiger partial charge on any atom is 0.316 e. The van der Waals surface area contributed by atoms with Gasteiger partial charge in [-0.15, -0.1) is 11.8 Å². The average Bonchev–Trinajstić information content (AvgIpc) is 2.35. The molecule has 98 valence electrons. The molecule has 0 aromatic rings. The third kappa shape index (κ3) is 4.22. The van der Waals surface area contributed by atoms with Gasteiger partial charge < -0.3 is 10.0 Å². The summed E-state index contributed by atoms with van der Waals surface area (Å²) in [6, 6.07) is 0.358. The lowest BCUT2D eigenvalue weighted by Gasteiger charge is -2.35. The number of amides is 1. The van der Waals surface area contributed by atoms with Crippen LogP contribution in [0, 0.1) is 0 Å². The van der Waals surface area contributed by atoms with E-state index in [0.717, 1.165) is 25.8 Å². The van der Waals surface area contributed by atoms with Gasteiger partial charge in [0.2, 0.25) is 5.91 Å². The molecule has 1 N–H and O–H groups in total. The van der Waals surface area contributed by atoms with Crippen molar-refractivity contribution in [2.75, 3.05) is 12.3 Å². The molecule has 2 unspecified atom stereocenters. The van der Waals surface area contributed by atoms with Crippen LogP contribution in [0.25, 0.3) is 0 Å². The largest absolute Gasteiger partial charge is 0.480 e. The minimum absolute atomic E-state index is 0.0923. The van der Waals surface area contributed by atoms with Gasteiger partial charge in [-0.25, -0.2) is 0 Å². The van der Waals surface area contributed by atoms with Gasteiger partial charge in [0, 0.05) is 12.6 Å². The predicted molar refractivity (Wildman–Crippen MR) is 69.2 cm³/mol. The summed E-state index contributed by atoms with van der Waals surface area (Å²) in [5.41, 5.74) is 0. The van der Waals surface area contributed by atoms with Crippen LogP contribution in [0.3, 0.4) is 0 Å². The van der Waals surface area contributed by atoms with Crippen molar-refractivity contribution >= 4 is 23.6 Å². The van der Waals surface area contributed by atoms with Crippen molar-refractivity contribution in [2.24, 2.45) is 0 Å². The van der Waals surface area contributed by atoms with E-state index in [0.29, 0.717) is 6.04 Å². The Morgan fingerprint density at radius 1 is 1.47 bits per heavy atom. The first-order valence-corrected chi connectivity index (χ1v) is 7.25. The van der Waals surface area contributed by atoms with E-state index >= 15 is 0 Å². The molecular formula is C12H21NO3S. The van der Waals surface area contributed by atoms with E-state index in [9.17, 15) is 9.59 Å². The zero-order chi connectivity index (χ0) is 12.8. The van der Waals surface area contributed by atoms with Crippen molar-refractivity contribution in [1.82, 2.24) is 4.90 Å². The molecular weight excluding hydrogens is 238 g/mol. The molecule has 4 nitrogen and oxygen atoms in total. The second-order valence-electron chi connectivity index (χ2n) is 4.44. The summed E-state index contributed by atoms with van der Waals surface area (Å²) in [4.78, 5) is 24.6. The number of carboxylic acid groups (broad SMARTS) is 1.